The highest BCUT2D eigenvalue weighted by Crippen LogP contribution is 2.79. The van der Waals surface area contributed by atoms with Crippen LogP contribution in [0.1, 0.15) is 52.4 Å². The fourth-order valence-corrected chi connectivity index (χ4v) is 8.09. The van der Waals surface area contributed by atoms with E-state index < -0.39 is 52.0 Å². The van der Waals surface area contributed by atoms with E-state index >= 15 is 8.78 Å². The van der Waals surface area contributed by atoms with Crippen LogP contribution >= 0.6 is 0 Å². The first kappa shape index (κ1) is 16.9. The number of carbonyl (C=O) groups is 2. The lowest BCUT2D eigenvalue weighted by Gasteiger charge is -2.45. The summed E-state index contributed by atoms with van der Waals surface area (Å²) in [6.45, 7) is 3.52. The number of hydrogen-bond acceptors (Lipinski definition) is 4. The van der Waals surface area contributed by atoms with E-state index in [1.165, 1.54) is 7.11 Å². The van der Waals surface area contributed by atoms with Crippen molar-refractivity contribution in [3.63, 3.8) is 0 Å². The zero-order valence-corrected chi connectivity index (χ0v) is 15.5. The minimum absolute atomic E-state index is 0.0869. The molecule has 26 heavy (non-hydrogen) atoms. The summed E-state index contributed by atoms with van der Waals surface area (Å²) in [4.78, 5) is 25.7. The first-order valence-electron chi connectivity index (χ1n) is 9.80. The molecule has 2 unspecified atom stereocenters. The summed E-state index contributed by atoms with van der Waals surface area (Å²) in [5, 5.41) is 0. The van der Waals surface area contributed by atoms with Gasteiger partial charge in [-0.2, -0.15) is 0 Å². The Hall–Kier alpha value is -1.20. The molecule has 1 heterocycles. The molecule has 1 saturated heterocycles. The van der Waals surface area contributed by atoms with Crippen molar-refractivity contribution in [3.8, 4) is 0 Å². The van der Waals surface area contributed by atoms with Gasteiger partial charge in [-0.3, -0.25) is 9.59 Å². The summed E-state index contributed by atoms with van der Waals surface area (Å²) in [6, 6.07) is 0. The average Bonchev–Trinajstić information content (AvgIpc) is 3.02. The second kappa shape index (κ2) is 4.61. The first-order valence-corrected chi connectivity index (χ1v) is 9.80. The number of alkyl halides is 2. The summed E-state index contributed by atoms with van der Waals surface area (Å²) in [6.07, 6.45) is 1.24. The van der Waals surface area contributed by atoms with Gasteiger partial charge in [0.1, 0.15) is 22.9 Å². The molecular formula is C20H26F2O4. The fourth-order valence-electron chi connectivity index (χ4n) is 8.09. The first-order chi connectivity index (χ1) is 12.2. The van der Waals surface area contributed by atoms with Gasteiger partial charge in [-0.1, -0.05) is 6.92 Å². The highest BCUT2D eigenvalue weighted by atomic mass is 19.1. The maximum absolute atomic E-state index is 15.5. The standard InChI is InChI=1S/C20H26F2O4/c1-10-8-18-9-19(10,22)6-4-11(18)20-7-5-12(21)17(2,16(24)26-20)14(20)13(18)15(23)25-3/h10-14H,4-9H2,1-3H3/t10-,11?,12-,13-,14?,17-,18+,19+,20-/m1/s1. The Kier molecular flexibility index (Phi) is 3.00. The Labute approximate surface area is 152 Å². The molecule has 0 aromatic carbocycles. The Morgan fingerprint density at radius 2 is 2.04 bits per heavy atom. The summed E-state index contributed by atoms with van der Waals surface area (Å²) in [7, 11) is 1.32. The Morgan fingerprint density at radius 1 is 1.31 bits per heavy atom. The summed E-state index contributed by atoms with van der Waals surface area (Å²) in [5.74, 6) is -2.43. The molecule has 5 aliphatic rings. The molecule has 1 aliphatic heterocycles. The van der Waals surface area contributed by atoms with Crippen molar-refractivity contribution >= 4 is 11.9 Å². The van der Waals surface area contributed by atoms with E-state index in [9.17, 15) is 9.59 Å². The molecule has 4 aliphatic carbocycles. The number of halogens is 2. The molecule has 4 saturated carbocycles. The van der Waals surface area contributed by atoms with Gasteiger partial charge in [0.25, 0.3) is 0 Å². The van der Waals surface area contributed by atoms with Crippen molar-refractivity contribution in [3.05, 3.63) is 0 Å². The Bertz CT molecular complexity index is 712. The maximum atomic E-state index is 15.5. The molecule has 0 aromatic rings. The highest BCUT2D eigenvalue weighted by Gasteiger charge is 2.85. The van der Waals surface area contributed by atoms with E-state index in [0.29, 0.717) is 32.1 Å². The van der Waals surface area contributed by atoms with Crippen LogP contribution in [0.3, 0.4) is 0 Å². The van der Waals surface area contributed by atoms with Crippen molar-refractivity contribution in [2.24, 2.45) is 34.5 Å². The molecule has 1 spiro atoms. The lowest BCUT2D eigenvalue weighted by Crippen LogP contribution is -2.52. The van der Waals surface area contributed by atoms with Crippen molar-refractivity contribution in [1.29, 1.82) is 0 Å². The molecule has 144 valence electrons. The van der Waals surface area contributed by atoms with Gasteiger partial charge >= 0.3 is 11.9 Å². The van der Waals surface area contributed by atoms with E-state index in [0.717, 1.165) is 0 Å². The zero-order chi connectivity index (χ0) is 18.7. The molecular weight excluding hydrogens is 342 g/mol. The number of fused-ring (bicyclic) bond motifs is 1. The second-order valence-corrected chi connectivity index (χ2v) is 9.75. The number of rotatable bonds is 1. The van der Waals surface area contributed by atoms with E-state index in [2.05, 4.69) is 0 Å². The van der Waals surface area contributed by atoms with Crippen molar-refractivity contribution in [1.82, 2.24) is 0 Å². The van der Waals surface area contributed by atoms with Crippen LogP contribution in [0.2, 0.25) is 0 Å². The quantitative estimate of drug-likeness (QED) is 0.666. The van der Waals surface area contributed by atoms with Crippen LogP contribution in [0.25, 0.3) is 0 Å². The van der Waals surface area contributed by atoms with E-state index in [1.807, 2.05) is 6.92 Å². The van der Waals surface area contributed by atoms with Crippen LogP contribution in [0.4, 0.5) is 8.78 Å². The molecule has 0 N–H and O–H groups in total. The number of carbonyl (C=O) groups excluding carboxylic acids is 2. The normalized spacial score (nSPS) is 59.6. The van der Waals surface area contributed by atoms with E-state index in [1.54, 1.807) is 6.92 Å². The maximum Gasteiger partial charge on any atom is 0.315 e. The van der Waals surface area contributed by atoms with E-state index in [-0.39, 0.29) is 18.3 Å². The number of esters is 2. The summed E-state index contributed by atoms with van der Waals surface area (Å²) < 4.78 is 41.7. The minimum atomic E-state index is -1.34. The summed E-state index contributed by atoms with van der Waals surface area (Å²) in [5.41, 5.74) is -4.05. The predicted octanol–water partition coefficient (Wildman–Crippen LogP) is 3.37. The molecule has 0 aromatic heterocycles. The lowest BCUT2D eigenvalue weighted by atomic mass is 9.59. The summed E-state index contributed by atoms with van der Waals surface area (Å²) >= 11 is 0. The molecule has 6 heteroatoms. The third-order valence-corrected chi connectivity index (χ3v) is 9.07. The van der Waals surface area contributed by atoms with Crippen LogP contribution < -0.4 is 0 Å². The predicted molar refractivity (Wildman–Crippen MR) is 87.5 cm³/mol. The number of ether oxygens (including phenoxy) is 2. The molecule has 5 rings (SSSR count). The smallest absolute Gasteiger partial charge is 0.315 e. The van der Waals surface area contributed by atoms with Crippen LogP contribution in [0.5, 0.6) is 0 Å². The molecule has 0 radical (unpaired) electrons. The second-order valence-electron chi connectivity index (χ2n) is 9.75. The molecule has 0 amide bonds. The monoisotopic (exact) mass is 368 g/mol. The van der Waals surface area contributed by atoms with Crippen molar-refractivity contribution < 1.29 is 27.8 Å². The Morgan fingerprint density at radius 3 is 2.73 bits per heavy atom. The van der Waals surface area contributed by atoms with E-state index in [4.69, 9.17) is 9.47 Å². The van der Waals surface area contributed by atoms with Gasteiger partial charge in [-0.15, -0.1) is 0 Å². The van der Waals surface area contributed by atoms with Gasteiger partial charge in [0.15, 0.2) is 0 Å². The van der Waals surface area contributed by atoms with Crippen LogP contribution in [-0.4, -0.2) is 36.5 Å². The van der Waals surface area contributed by atoms with Gasteiger partial charge < -0.3 is 9.47 Å². The molecule has 5 fully saturated rings. The van der Waals surface area contributed by atoms with Gasteiger partial charge in [0.05, 0.1) is 13.0 Å². The molecule has 4 nitrogen and oxygen atoms in total. The minimum Gasteiger partial charge on any atom is -0.469 e. The van der Waals surface area contributed by atoms with Crippen LogP contribution in [0.15, 0.2) is 0 Å². The fraction of sp³-hybridized carbons (Fsp3) is 0.900. The largest absolute Gasteiger partial charge is 0.469 e. The highest BCUT2D eigenvalue weighted by molar-refractivity contribution is 5.85. The van der Waals surface area contributed by atoms with Gasteiger partial charge in [0.2, 0.25) is 0 Å². The zero-order valence-electron chi connectivity index (χ0n) is 15.5. The van der Waals surface area contributed by atoms with Gasteiger partial charge in [0, 0.05) is 11.8 Å². The van der Waals surface area contributed by atoms with Gasteiger partial charge in [-0.05, 0) is 56.8 Å². The van der Waals surface area contributed by atoms with Crippen LogP contribution in [-0.2, 0) is 19.1 Å². The average molecular weight is 368 g/mol. The van der Waals surface area contributed by atoms with Crippen LogP contribution in [0, 0.1) is 34.5 Å². The van der Waals surface area contributed by atoms with Gasteiger partial charge in [-0.25, -0.2) is 8.78 Å². The molecule has 9 atom stereocenters. The Balaban J connectivity index is 1.74. The SMILES string of the molecule is COC(=O)[C@H]1C2[C@@]3(CC[C@@H](F)[C@@]2(C)C(=O)O3)C2CC[C@]3(F)C[C@@]21C[C@H]3C. The number of methoxy groups -OCH3 is 1. The third-order valence-electron chi connectivity index (χ3n) is 9.07. The number of hydrogen-bond donors (Lipinski definition) is 0. The third kappa shape index (κ3) is 1.51. The lowest BCUT2D eigenvalue weighted by molar-refractivity contribution is -0.163. The van der Waals surface area contributed by atoms with Crippen molar-refractivity contribution in [2.45, 2.75) is 69.8 Å². The topological polar surface area (TPSA) is 52.6 Å². The molecule has 4 bridgehead atoms. The van der Waals surface area contributed by atoms with Crippen molar-refractivity contribution in [2.75, 3.05) is 7.11 Å².